The molecule has 0 spiro atoms. The van der Waals surface area contributed by atoms with Crippen LogP contribution in [0.1, 0.15) is 12.8 Å². The molecule has 0 atom stereocenters. The largest absolute Gasteiger partial charge is 0.497 e. The lowest BCUT2D eigenvalue weighted by Crippen LogP contribution is -2.51. The van der Waals surface area contributed by atoms with E-state index in [0.29, 0.717) is 5.91 Å². The zero-order chi connectivity index (χ0) is 23.3. The standard InChI is InChI=1S/C27H31N5O2/c1-34-24-9-7-23(8-10-24)30-15-17-32(18-16-30)27(33)22-11-13-31(14-12-22)26-19-25(28-20-29-26)21-5-3-2-4-6-21/h2-10,19-20,22H,11-18H2,1H3. The molecule has 34 heavy (non-hydrogen) atoms. The fraction of sp³-hybridized carbons (Fsp3) is 0.370. The maximum absolute atomic E-state index is 13.2. The molecule has 2 aliphatic rings. The molecule has 0 saturated carbocycles. The van der Waals surface area contributed by atoms with Crippen LogP contribution in [0.5, 0.6) is 5.75 Å². The van der Waals surface area contributed by atoms with Crippen molar-refractivity contribution in [2.75, 3.05) is 56.2 Å². The molecule has 7 heteroatoms. The van der Waals surface area contributed by atoms with E-state index in [0.717, 1.165) is 74.9 Å². The normalized spacial score (nSPS) is 17.0. The van der Waals surface area contributed by atoms with Crippen LogP contribution >= 0.6 is 0 Å². The highest BCUT2D eigenvalue weighted by Crippen LogP contribution is 2.27. The molecule has 2 aliphatic heterocycles. The maximum atomic E-state index is 13.2. The van der Waals surface area contributed by atoms with Crippen LogP contribution in [-0.4, -0.2) is 67.2 Å². The number of ether oxygens (including phenoxy) is 1. The van der Waals surface area contributed by atoms with E-state index in [1.165, 1.54) is 5.69 Å². The molecule has 1 amide bonds. The summed E-state index contributed by atoms with van der Waals surface area (Å²) in [6, 6.07) is 20.4. The zero-order valence-corrected chi connectivity index (χ0v) is 19.6. The van der Waals surface area contributed by atoms with Gasteiger partial charge in [-0.1, -0.05) is 30.3 Å². The number of anilines is 2. The summed E-state index contributed by atoms with van der Waals surface area (Å²) in [7, 11) is 1.68. The van der Waals surface area contributed by atoms with Gasteiger partial charge in [-0.3, -0.25) is 4.79 Å². The third-order valence-corrected chi connectivity index (χ3v) is 6.92. The van der Waals surface area contributed by atoms with Crippen molar-refractivity contribution in [2.45, 2.75) is 12.8 Å². The van der Waals surface area contributed by atoms with Crippen LogP contribution < -0.4 is 14.5 Å². The van der Waals surface area contributed by atoms with Gasteiger partial charge in [-0.2, -0.15) is 0 Å². The minimum absolute atomic E-state index is 0.0965. The minimum Gasteiger partial charge on any atom is -0.497 e. The van der Waals surface area contributed by atoms with Gasteiger partial charge in [0.15, 0.2) is 0 Å². The molecule has 2 saturated heterocycles. The van der Waals surface area contributed by atoms with E-state index in [-0.39, 0.29) is 5.92 Å². The summed E-state index contributed by atoms with van der Waals surface area (Å²) >= 11 is 0. The molecule has 5 rings (SSSR count). The van der Waals surface area contributed by atoms with E-state index in [4.69, 9.17) is 4.74 Å². The number of hydrogen-bond donors (Lipinski definition) is 0. The molecular formula is C27H31N5O2. The van der Waals surface area contributed by atoms with E-state index < -0.39 is 0 Å². The van der Waals surface area contributed by atoms with Crippen molar-refractivity contribution in [2.24, 2.45) is 5.92 Å². The molecule has 2 fully saturated rings. The lowest BCUT2D eigenvalue weighted by molar-refractivity contribution is -0.136. The van der Waals surface area contributed by atoms with Gasteiger partial charge in [0.2, 0.25) is 5.91 Å². The Morgan fingerprint density at radius 1 is 0.853 bits per heavy atom. The fourth-order valence-corrected chi connectivity index (χ4v) is 4.88. The van der Waals surface area contributed by atoms with Crippen LogP contribution in [0.25, 0.3) is 11.3 Å². The van der Waals surface area contributed by atoms with E-state index >= 15 is 0 Å². The first-order valence-corrected chi connectivity index (χ1v) is 12.0. The Morgan fingerprint density at radius 2 is 1.56 bits per heavy atom. The molecule has 0 radical (unpaired) electrons. The number of benzene rings is 2. The summed E-state index contributed by atoms with van der Waals surface area (Å²) in [5.74, 6) is 2.20. The number of carbonyl (C=O) groups excluding carboxylic acids is 1. The van der Waals surface area contributed by atoms with Gasteiger partial charge in [-0.15, -0.1) is 0 Å². The summed E-state index contributed by atoms with van der Waals surface area (Å²) in [5, 5.41) is 0. The highest BCUT2D eigenvalue weighted by molar-refractivity contribution is 5.79. The lowest BCUT2D eigenvalue weighted by Gasteiger charge is -2.39. The van der Waals surface area contributed by atoms with Crippen molar-refractivity contribution in [1.29, 1.82) is 0 Å². The van der Waals surface area contributed by atoms with Crippen molar-refractivity contribution >= 4 is 17.4 Å². The van der Waals surface area contributed by atoms with Crippen LogP contribution in [0.15, 0.2) is 67.0 Å². The minimum atomic E-state index is 0.0965. The quantitative estimate of drug-likeness (QED) is 0.582. The summed E-state index contributed by atoms with van der Waals surface area (Å²) in [6.07, 6.45) is 3.36. The number of methoxy groups -OCH3 is 1. The molecule has 0 bridgehead atoms. The van der Waals surface area contributed by atoms with Gasteiger partial charge in [0.25, 0.3) is 0 Å². The molecule has 1 aromatic heterocycles. The summed E-state index contributed by atoms with van der Waals surface area (Å²) in [5.41, 5.74) is 3.20. The van der Waals surface area contributed by atoms with E-state index in [1.807, 2.05) is 30.3 Å². The Balaban J connectivity index is 1.14. The molecule has 0 N–H and O–H groups in total. The Hall–Kier alpha value is -3.61. The van der Waals surface area contributed by atoms with E-state index in [9.17, 15) is 4.79 Å². The fourth-order valence-electron chi connectivity index (χ4n) is 4.88. The average molecular weight is 458 g/mol. The molecule has 7 nitrogen and oxygen atoms in total. The molecule has 3 heterocycles. The predicted octanol–water partition coefficient (Wildman–Crippen LogP) is 3.72. The monoisotopic (exact) mass is 457 g/mol. The second-order valence-corrected chi connectivity index (χ2v) is 8.90. The Labute approximate surface area is 201 Å². The second kappa shape index (κ2) is 10.1. The molecule has 3 aromatic rings. The second-order valence-electron chi connectivity index (χ2n) is 8.90. The van der Waals surface area contributed by atoms with Crippen LogP contribution in [-0.2, 0) is 4.79 Å². The summed E-state index contributed by atoms with van der Waals surface area (Å²) in [4.78, 5) is 28.8. The Bertz CT molecular complexity index is 1090. The first kappa shape index (κ1) is 22.2. The summed E-state index contributed by atoms with van der Waals surface area (Å²) < 4.78 is 5.25. The highest BCUT2D eigenvalue weighted by atomic mass is 16.5. The average Bonchev–Trinajstić information content (AvgIpc) is 2.93. The van der Waals surface area contributed by atoms with Crippen molar-refractivity contribution in [1.82, 2.24) is 14.9 Å². The Morgan fingerprint density at radius 3 is 2.24 bits per heavy atom. The van der Waals surface area contributed by atoms with Crippen LogP contribution in [0, 0.1) is 5.92 Å². The number of aromatic nitrogens is 2. The topological polar surface area (TPSA) is 61.8 Å². The van der Waals surface area contributed by atoms with Gasteiger partial charge in [0, 0.05) is 62.5 Å². The smallest absolute Gasteiger partial charge is 0.225 e. The van der Waals surface area contributed by atoms with Crippen molar-refractivity contribution < 1.29 is 9.53 Å². The van der Waals surface area contributed by atoms with Gasteiger partial charge < -0.3 is 19.4 Å². The molecule has 176 valence electrons. The lowest BCUT2D eigenvalue weighted by atomic mass is 9.95. The third kappa shape index (κ3) is 4.83. The summed E-state index contributed by atoms with van der Waals surface area (Å²) in [6.45, 7) is 4.95. The van der Waals surface area contributed by atoms with Crippen molar-refractivity contribution in [3.63, 3.8) is 0 Å². The highest BCUT2D eigenvalue weighted by Gasteiger charge is 2.31. The maximum Gasteiger partial charge on any atom is 0.225 e. The van der Waals surface area contributed by atoms with Crippen molar-refractivity contribution in [3.8, 4) is 17.0 Å². The number of hydrogen-bond acceptors (Lipinski definition) is 6. The van der Waals surface area contributed by atoms with Crippen LogP contribution in [0.3, 0.4) is 0 Å². The number of amides is 1. The van der Waals surface area contributed by atoms with Crippen LogP contribution in [0.4, 0.5) is 11.5 Å². The number of piperazine rings is 1. The number of rotatable bonds is 5. The van der Waals surface area contributed by atoms with Gasteiger partial charge in [-0.25, -0.2) is 9.97 Å². The number of carbonyl (C=O) groups is 1. The van der Waals surface area contributed by atoms with Crippen LogP contribution in [0.2, 0.25) is 0 Å². The predicted molar refractivity (Wildman–Crippen MR) is 134 cm³/mol. The number of piperidine rings is 1. The molecular weight excluding hydrogens is 426 g/mol. The molecule has 0 unspecified atom stereocenters. The first-order valence-electron chi connectivity index (χ1n) is 12.0. The van der Waals surface area contributed by atoms with E-state index in [1.54, 1.807) is 13.4 Å². The third-order valence-electron chi connectivity index (χ3n) is 6.92. The molecule has 0 aliphatic carbocycles. The van der Waals surface area contributed by atoms with Gasteiger partial charge in [0.05, 0.1) is 12.8 Å². The van der Waals surface area contributed by atoms with E-state index in [2.05, 4.69) is 55.0 Å². The first-order chi connectivity index (χ1) is 16.7. The SMILES string of the molecule is COc1ccc(N2CCN(C(=O)C3CCN(c4cc(-c5ccccc5)ncn4)CC3)CC2)cc1. The van der Waals surface area contributed by atoms with Crippen molar-refractivity contribution in [3.05, 3.63) is 67.0 Å². The number of nitrogens with zero attached hydrogens (tertiary/aromatic N) is 5. The van der Waals surface area contributed by atoms with Gasteiger partial charge >= 0.3 is 0 Å². The zero-order valence-electron chi connectivity index (χ0n) is 19.6. The Kier molecular flexibility index (Phi) is 6.60. The van der Waals surface area contributed by atoms with Gasteiger partial charge in [0.1, 0.15) is 17.9 Å². The molecule has 2 aromatic carbocycles. The van der Waals surface area contributed by atoms with Gasteiger partial charge in [-0.05, 0) is 37.1 Å².